The number of carbonyl (C=O) groups excluding carboxylic acids is 1. The van der Waals surface area contributed by atoms with E-state index in [1.165, 1.54) is 11.1 Å². The summed E-state index contributed by atoms with van der Waals surface area (Å²) in [7, 11) is 1.54. The largest absolute Gasteiger partial charge is 0.507 e. The van der Waals surface area contributed by atoms with Gasteiger partial charge in [0.05, 0.1) is 25.4 Å². The van der Waals surface area contributed by atoms with E-state index in [4.69, 9.17) is 9.84 Å². The van der Waals surface area contributed by atoms with Gasteiger partial charge in [0.15, 0.2) is 5.17 Å². The van der Waals surface area contributed by atoms with Gasteiger partial charge in [-0.05, 0) is 48.2 Å². The number of rotatable bonds is 7. The van der Waals surface area contributed by atoms with Gasteiger partial charge in [-0.25, -0.2) is 0 Å². The van der Waals surface area contributed by atoms with Crippen LogP contribution in [0.25, 0.3) is 0 Å². The van der Waals surface area contributed by atoms with Gasteiger partial charge in [0.2, 0.25) is 5.91 Å². The second-order valence-corrected chi connectivity index (χ2v) is 8.76. The predicted octanol–water partition coefficient (Wildman–Crippen LogP) is 4.15. The molecule has 0 radical (unpaired) electrons. The smallest absolute Gasteiger partial charge is 0.305 e. The molecule has 1 unspecified atom stereocenters. The van der Waals surface area contributed by atoms with E-state index < -0.39 is 11.2 Å². The fourth-order valence-electron chi connectivity index (χ4n) is 3.28. The zero-order valence-corrected chi connectivity index (χ0v) is 19.1. The molecule has 32 heavy (non-hydrogen) atoms. The number of phenolic OH excluding ortho intramolecular Hbond substituents is 1. The van der Waals surface area contributed by atoms with E-state index in [0.29, 0.717) is 17.0 Å². The highest BCUT2D eigenvalue weighted by molar-refractivity contribution is 8.16. The summed E-state index contributed by atoms with van der Waals surface area (Å²) in [6.45, 7) is 5.84. The SMILES string of the molecule is COc1ccc(N2C(=O)C(CC(=O)O)S/C2=N/N=C/c2c(C)ccc(C(C)C)c2O)cc1. The summed E-state index contributed by atoms with van der Waals surface area (Å²) in [6, 6.07) is 10.6. The van der Waals surface area contributed by atoms with Gasteiger partial charge in [-0.2, -0.15) is 5.10 Å². The molecule has 0 aliphatic carbocycles. The molecule has 1 amide bonds. The van der Waals surface area contributed by atoms with Crippen LogP contribution < -0.4 is 9.64 Å². The van der Waals surface area contributed by atoms with Crippen molar-refractivity contribution in [3.63, 3.8) is 0 Å². The van der Waals surface area contributed by atoms with Gasteiger partial charge in [-0.1, -0.05) is 37.7 Å². The van der Waals surface area contributed by atoms with Gasteiger partial charge in [0, 0.05) is 5.56 Å². The maximum atomic E-state index is 12.9. The van der Waals surface area contributed by atoms with E-state index in [9.17, 15) is 14.7 Å². The average molecular weight is 456 g/mol. The summed E-state index contributed by atoms with van der Waals surface area (Å²) in [5, 5.41) is 27.6. The van der Waals surface area contributed by atoms with Crippen LogP contribution >= 0.6 is 11.8 Å². The van der Waals surface area contributed by atoms with Crippen molar-refractivity contribution in [2.24, 2.45) is 10.2 Å². The first-order valence-electron chi connectivity index (χ1n) is 10.0. The second-order valence-electron chi connectivity index (χ2n) is 7.59. The maximum Gasteiger partial charge on any atom is 0.305 e. The highest BCUT2D eigenvalue weighted by atomic mass is 32.2. The van der Waals surface area contributed by atoms with Crippen molar-refractivity contribution in [2.75, 3.05) is 12.0 Å². The quantitative estimate of drug-likeness (QED) is 0.479. The molecule has 1 aliphatic rings. The highest BCUT2D eigenvalue weighted by Crippen LogP contribution is 2.35. The minimum absolute atomic E-state index is 0.138. The van der Waals surface area contributed by atoms with Crippen LogP contribution in [0, 0.1) is 6.92 Å². The minimum Gasteiger partial charge on any atom is -0.507 e. The lowest BCUT2D eigenvalue weighted by atomic mass is 9.96. The van der Waals surface area contributed by atoms with Gasteiger partial charge < -0.3 is 14.9 Å². The Morgan fingerprint density at radius 2 is 1.94 bits per heavy atom. The first-order valence-corrected chi connectivity index (χ1v) is 10.9. The summed E-state index contributed by atoms with van der Waals surface area (Å²) < 4.78 is 5.16. The molecule has 2 N–H and O–H groups in total. The van der Waals surface area contributed by atoms with E-state index in [2.05, 4.69) is 10.2 Å². The molecule has 0 aromatic heterocycles. The number of anilines is 1. The number of aromatic hydroxyl groups is 1. The molecule has 3 rings (SSSR count). The van der Waals surface area contributed by atoms with Crippen molar-refractivity contribution < 1.29 is 24.5 Å². The van der Waals surface area contributed by atoms with Crippen molar-refractivity contribution in [1.82, 2.24) is 0 Å². The summed E-state index contributed by atoms with van der Waals surface area (Å²) in [5.41, 5.74) is 2.72. The van der Waals surface area contributed by atoms with Crippen LogP contribution in [0.4, 0.5) is 5.69 Å². The molecule has 1 fully saturated rings. The number of nitrogens with zero attached hydrogens (tertiary/aromatic N) is 3. The normalized spacial score (nSPS) is 17.7. The maximum absolute atomic E-state index is 12.9. The number of hydrogen-bond donors (Lipinski definition) is 2. The van der Waals surface area contributed by atoms with Gasteiger partial charge in [0.25, 0.3) is 0 Å². The van der Waals surface area contributed by atoms with Crippen LogP contribution in [0.3, 0.4) is 0 Å². The van der Waals surface area contributed by atoms with Crippen LogP contribution in [0.15, 0.2) is 46.6 Å². The zero-order chi connectivity index (χ0) is 23.4. The van der Waals surface area contributed by atoms with Crippen LogP contribution in [0.1, 0.15) is 42.9 Å². The molecule has 1 saturated heterocycles. The van der Waals surface area contributed by atoms with Gasteiger partial charge in [-0.3, -0.25) is 14.5 Å². The van der Waals surface area contributed by atoms with Crippen LogP contribution in [-0.4, -0.2) is 45.8 Å². The van der Waals surface area contributed by atoms with Crippen LogP contribution in [-0.2, 0) is 9.59 Å². The number of carboxylic acids is 1. The van der Waals surface area contributed by atoms with E-state index in [0.717, 1.165) is 22.9 Å². The monoisotopic (exact) mass is 455 g/mol. The molecule has 0 spiro atoms. The fraction of sp³-hybridized carbons (Fsp3) is 0.304. The number of aryl methyl sites for hydroxylation is 1. The number of carbonyl (C=O) groups is 2. The molecule has 0 saturated carbocycles. The highest BCUT2D eigenvalue weighted by Gasteiger charge is 2.40. The third-order valence-corrected chi connectivity index (χ3v) is 6.17. The van der Waals surface area contributed by atoms with Crippen LogP contribution in [0.2, 0.25) is 0 Å². The Balaban J connectivity index is 1.96. The van der Waals surface area contributed by atoms with Gasteiger partial charge in [-0.15, -0.1) is 5.10 Å². The third kappa shape index (κ3) is 4.94. The Morgan fingerprint density at radius 1 is 1.25 bits per heavy atom. The van der Waals surface area contributed by atoms with Crippen molar-refractivity contribution in [3.05, 3.63) is 53.1 Å². The lowest BCUT2D eigenvalue weighted by Gasteiger charge is -2.16. The molecule has 8 nitrogen and oxygen atoms in total. The number of amidine groups is 1. The molecule has 1 aliphatic heterocycles. The number of ether oxygens (including phenoxy) is 1. The molecule has 2 aromatic rings. The zero-order valence-electron chi connectivity index (χ0n) is 18.3. The molecule has 2 aromatic carbocycles. The first-order chi connectivity index (χ1) is 15.2. The van der Waals surface area contributed by atoms with E-state index in [1.807, 2.05) is 32.9 Å². The Hall–Kier alpha value is -3.33. The lowest BCUT2D eigenvalue weighted by Crippen LogP contribution is -2.32. The fourth-order valence-corrected chi connectivity index (χ4v) is 4.37. The summed E-state index contributed by atoms with van der Waals surface area (Å²) in [5.74, 6) is -0.532. The standard InChI is InChI=1S/C23H25N3O5S/c1-13(2)17-10-5-14(3)18(21(17)29)12-24-25-23-26(15-6-8-16(31-4)9-7-15)22(30)19(32-23)11-20(27)28/h5-10,12-13,19,29H,11H2,1-4H3,(H,27,28)/b24-12+,25-23+. The summed E-state index contributed by atoms with van der Waals surface area (Å²) >= 11 is 1.05. The van der Waals surface area contributed by atoms with Gasteiger partial charge in [0.1, 0.15) is 16.7 Å². The Bertz CT molecular complexity index is 1080. The number of benzene rings is 2. The van der Waals surface area contributed by atoms with Gasteiger partial charge >= 0.3 is 5.97 Å². The Labute approximate surface area is 190 Å². The number of carboxylic acid groups (broad SMARTS) is 1. The lowest BCUT2D eigenvalue weighted by molar-refractivity contribution is -0.138. The van der Waals surface area contributed by atoms with E-state index in [-0.39, 0.29) is 29.2 Å². The van der Waals surface area contributed by atoms with Crippen molar-refractivity contribution in [1.29, 1.82) is 0 Å². The van der Waals surface area contributed by atoms with Crippen LogP contribution in [0.5, 0.6) is 11.5 Å². The minimum atomic E-state index is -1.07. The topological polar surface area (TPSA) is 112 Å². The van der Waals surface area contributed by atoms with Crippen molar-refractivity contribution >= 4 is 40.7 Å². The number of aliphatic carboxylic acids is 1. The van der Waals surface area contributed by atoms with E-state index in [1.54, 1.807) is 31.4 Å². The number of thioether (sulfide) groups is 1. The second kappa shape index (κ2) is 9.86. The molecular formula is C23H25N3O5S. The number of methoxy groups -OCH3 is 1. The van der Waals surface area contributed by atoms with E-state index >= 15 is 0 Å². The number of amides is 1. The molecule has 0 bridgehead atoms. The third-order valence-electron chi connectivity index (χ3n) is 5.04. The molecular weight excluding hydrogens is 430 g/mol. The first kappa shape index (κ1) is 23.3. The Kier molecular flexibility index (Phi) is 7.19. The predicted molar refractivity (Wildman–Crippen MR) is 126 cm³/mol. The van der Waals surface area contributed by atoms with Crippen molar-refractivity contribution in [3.8, 4) is 11.5 Å². The molecule has 168 valence electrons. The molecule has 1 heterocycles. The summed E-state index contributed by atoms with van der Waals surface area (Å²) in [4.78, 5) is 25.5. The Morgan fingerprint density at radius 3 is 2.53 bits per heavy atom. The molecule has 9 heteroatoms. The number of phenols is 1. The van der Waals surface area contributed by atoms with Crippen molar-refractivity contribution in [2.45, 2.75) is 38.4 Å². The average Bonchev–Trinajstić information content (AvgIpc) is 3.04. The summed E-state index contributed by atoms with van der Waals surface area (Å²) in [6.07, 6.45) is 1.13. The number of hydrogen-bond acceptors (Lipinski definition) is 7. The molecule has 1 atom stereocenters.